The lowest BCUT2D eigenvalue weighted by molar-refractivity contribution is 0.102. The third-order valence-corrected chi connectivity index (χ3v) is 3.02. The number of ether oxygens (including phenoxy) is 1. The average molecular weight is 295 g/mol. The molecule has 0 unspecified atom stereocenters. The van der Waals surface area contributed by atoms with Gasteiger partial charge in [-0.3, -0.25) is 14.9 Å². The number of nitrogens with zero attached hydrogens (tertiary/aromatic N) is 3. The quantitative estimate of drug-likeness (QED) is 0.769. The molecule has 0 radical (unpaired) electrons. The van der Waals surface area contributed by atoms with E-state index in [0.717, 1.165) is 11.3 Å². The maximum atomic E-state index is 12.2. The Morgan fingerprint density at radius 1 is 1.23 bits per heavy atom. The van der Waals surface area contributed by atoms with E-state index in [2.05, 4.69) is 25.5 Å². The van der Waals surface area contributed by atoms with Crippen LogP contribution in [0.3, 0.4) is 0 Å². The van der Waals surface area contributed by atoms with E-state index in [1.54, 1.807) is 36.8 Å². The smallest absolute Gasteiger partial charge is 0.262 e. The predicted molar refractivity (Wildman–Crippen MR) is 80.6 cm³/mol. The topological polar surface area (TPSA) is 92.8 Å². The second kappa shape index (κ2) is 6.04. The number of nitrogens with one attached hydrogen (secondary N) is 2. The van der Waals surface area contributed by atoms with Crippen molar-refractivity contribution in [3.8, 4) is 17.1 Å². The normalized spacial score (nSPS) is 10.2. The molecule has 3 aromatic heterocycles. The first-order valence-corrected chi connectivity index (χ1v) is 6.54. The van der Waals surface area contributed by atoms with E-state index in [4.69, 9.17) is 4.74 Å². The summed E-state index contributed by atoms with van der Waals surface area (Å²) in [4.78, 5) is 20.2. The molecule has 0 atom stereocenters. The van der Waals surface area contributed by atoms with Crippen molar-refractivity contribution in [1.82, 2.24) is 20.2 Å². The highest BCUT2D eigenvalue weighted by Crippen LogP contribution is 2.20. The van der Waals surface area contributed by atoms with Crippen LogP contribution in [0.2, 0.25) is 0 Å². The number of hydrogen-bond donors (Lipinski definition) is 2. The SMILES string of the molecule is COc1ncccc1C(=O)Nc1cc(-c2ccncc2)[nH]n1. The Kier molecular flexibility index (Phi) is 3.78. The van der Waals surface area contributed by atoms with Crippen molar-refractivity contribution in [1.29, 1.82) is 0 Å². The van der Waals surface area contributed by atoms with Gasteiger partial charge < -0.3 is 10.1 Å². The molecule has 7 heteroatoms. The van der Waals surface area contributed by atoms with Crippen molar-refractivity contribution in [2.75, 3.05) is 12.4 Å². The molecule has 3 heterocycles. The average Bonchev–Trinajstić information content (AvgIpc) is 3.04. The van der Waals surface area contributed by atoms with Crippen molar-refractivity contribution < 1.29 is 9.53 Å². The number of H-pyrrole nitrogens is 1. The van der Waals surface area contributed by atoms with Crippen LogP contribution in [0, 0.1) is 0 Å². The van der Waals surface area contributed by atoms with Gasteiger partial charge in [0.2, 0.25) is 5.88 Å². The number of aromatic amines is 1. The predicted octanol–water partition coefficient (Wildman–Crippen LogP) is 2.13. The first kappa shape index (κ1) is 13.7. The van der Waals surface area contributed by atoms with Gasteiger partial charge in [-0.2, -0.15) is 5.10 Å². The highest BCUT2D eigenvalue weighted by Gasteiger charge is 2.14. The number of carbonyl (C=O) groups is 1. The first-order valence-electron chi connectivity index (χ1n) is 6.54. The molecule has 3 aromatic rings. The van der Waals surface area contributed by atoms with E-state index < -0.39 is 0 Å². The summed E-state index contributed by atoms with van der Waals surface area (Å²) in [6, 6.07) is 8.75. The third kappa shape index (κ3) is 2.78. The summed E-state index contributed by atoms with van der Waals surface area (Å²) in [6.07, 6.45) is 4.94. The number of aromatic nitrogens is 4. The number of anilines is 1. The van der Waals surface area contributed by atoms with Crippen LogP contribution >= 0.6 is 0 Å². The van der Waals surface area contributed by atoms with Crippen LogP contribution < -0.4 is 10.1 Å². The van der Waals surface area contributed by atoms with Crippen molar-refractivity contribution in [3.63, 3.8) is 0 Å². The Labute approximate surface area is 126 Å². The fraction of sp³-hybridized carbons (Fsp3) is 0.0667. The second-order valence-electron chi connectivity index (χ2n) is 4.42. The van der Waals surface area contributed by atoms with Crippen molar-refractivity contribution in [2.24, 2.45) is 0 Å². The van der Waals surface area contributed by atoms with E-state index in [1.807, 2.05) is 12.1 Å². The molecule has 110 valence electrons. The van der Waals surface area contributed by atoms with Crippen LogP contribution in [0.15, 0.2) is 48.9 Å². The molecule has 0 aliphatic carbocycles. The minimum Gasteiger partial charge on any atom is -0.480 e. The first-order chi connectivity index (χ1) is 10.8. The van der Waals surface area contributed by atoms with Gasteiger partial charge in [0.25, 0.3) is 5.91 Å². The van der Waals surface area contributed by atoms with Gasteiger partial charge in [-0.15, -0.1) is 0 Å². The van der Waals surface area contributed by atoms with Gasteiger partial charge in [-0.1, -0.05) is 0 Å². The van der Waals surface area contributed by atoms with E-state index >= 15 is 0 Å². The van der Waals surface area contributed by atoms with E-state index in [9.17, 15) is 4.79 Å². The molecule has 0 aliphatic heterocycles. The van der Waals surface area contributed by atoms with Crippen molar-refractivity contribution in [3.05, 3.63) is 54.5 Å². The van der Waals surface area contributed by atoms with Gasteiger partial charge in [-0.05, 0) is 24.3 Å². The summed E-state index contributed by atoms with van der Waals surface area (Å²) in [5.74, 6) is 0.352. The zero-order chi connectivity index (χ0) is 15.4. The van der Waals surface area contributed by atoms with Crippen LogP contribution in [0.25, 0.3) is 11.3 Å². The van der Waals surface area contributed by atoms with Crippen molar-refractivity contribution in [2.45, 2.75) is 0 Å². The molecule has 7 nitrogen and oxygen atoms in total. The van der Waals surface area contributed by atoms with E-state index in [-0.39, 0.29) is 11.8 Å². The largest absolute Gasteiger partial charge is 0.480 e. The summed E-state index contributed by atoms with van der Waals surface area (Å²) in [6.45, 7) is 0. The van der Waals surface area contributed by atoms with Crippen LogP contribution in [-0.4, -0.2) is 33.2 Å². The fourth-order valence-electron chi connectivity index (χ4n) is 1.98. The highest BCUT2D eigenvalue weighted by molar-refractivity contribution is 6.05. The minimum absolute atomic E-state index is 0.268. The molecule has 0 bridgehead atoms. The fourth-order valence-corrected chi connectivity index (χ4v) is 1.98. The minimum atomic E-state index is -0.335. The maximum absolute atomic E-state index is 12.2. The Hall–Kier alpha value is -3.22. The zero-order valence-electron chi connectivity index (χ0n) is 11.8. The zero-order valence-corrected chi connectivity index (χ0v) is 11.8. The summed E-state index contributed by atoms with van der Waals surface area (Å²) >= 11 is 0. The number of hydrogen-bond acceptors (Lipinski definition) is 5. The number of carbonyl (C=O) groups excluding carboxylic acids is 1. The van der Waals surface area contributed by atoms with E-state index in [1.165, 1.54) is 7.11 Å². The lowest BCUT2D eigenvalue weighted by Gasteiger charge is -2.05. The lowest BCUT2D eigenvalue weighted by Crippen LogP contribution is -2.14. The Bertz CT molecular complexity index is 785. The number of pyridine rings is 2. The monoisotopic (exact) mass is 295 g/mol. The van der Waals surface area contributed by atoms with Gasteiger partial charge in [0, 0.05) is 30.2 Å². The van der Waals surface area contributed by atoms with Crippen LogP contribution in [0.1, 0.15) is 10.4 Å². The summed E-state index contributed by atoms with van der Waals surface area (Å²) in [5, 5.41) is 9.65. The molecule has 0 saturated carbocycles. The van der Waals surface area contributed by atoms with Gasteiger partial charge >= 0.3 is 0 Å². The summed E-state index contributed by atoms with van der Waals surface area (Å²) in [7, 11) is 1.47. The molecule has 0 fully saturated rings. The Balaban J connectivity index is 1.79. The van der Waals surface area contributed by atoms with Gasteiger partial charge in [0.15, 0.2) is 5.82 Å². The molecule has 0 aliphatic rings. The molecular weight excluding hydrogens is 282 g/mol. The second-order valence-corrected chi connectivity index (χ2v) is 4.42. The molecule has 2 N–H and O–H groups in total. The summed E-state index contributed by atoms with van der Waals surface area (Å²) < 4.78 is 5.07. The maximum Gasteiger partial charge on any atom is 0.262 e. The molecule has 0 aromatic carbocycles. The Morgan fingerprint density at radius 2 is 2.05 bits per heavy atom. The molecule has 3 rings (SSSR count). The van der Waals surface area contributed by atoms with E-state index in [0.29, 0.717) is 11.4 Å². The van der Waals surface area contributed by atoms with Crippen molar-refractivity contribution >= 4 is 11.7 Å². The molecule has 1 amide bonds. The number of amides is 1. The molecular formula is C15H13N5O2. The summed E-state index contributed by atoms with van der Waals surface area (Å²) in [5.41, 5.74) is 2.07. The molecule has 22 heavy (non-hydrogen) atoms. The number of methoxy groups -OCH3 is 1. The third-order valence-electron chi connectivity index (χ3n) is 3.02. The van der Waals surface area contributed by atoms with Crippen LogP contribution in [0.5, 0.6) is 5.88 Å². The Morgan fingerprint density at radius 3 is 2.82 bits per heavy atom. The highest BCUT2D eigenvalue weighted by atomic mass is 16.5. The molecule has 0 saturated heterocycles. The van der Waals surface area contributed by atoms with Crippen LogP contribution in [0.4, 0.5) is 5.82 Å². The number of rotatable bonds is 4. The van der Waals surface area contributed by atoms with Crippen LogP contribution in [-0.2, 0) is 0 Å². The van der Waals surface area contributed by atoms with Gasteiger partial charge in [0.05, 0.1) is 12.8 Å². The lowest BCUT2D eigenvalue weighted by atomic mass is 10.2. The van der Waals surface area contributed by atoms with Gasteiger partial charge in [-0.25, -0.2) is 4.98 Å². The van der Waals surface area contributed by atoms with Gasteiger partial charge in [0.1, 0.15) is 5.56 Å². The standard InChI is InChI=1S/C15H13N5O2/c1-22-15-11(3-2-6-17-15)14(21)18-13-9-12(19-20-13)10-4-7-16-8-5-10/h2-9H,1H3,(H2,18,19,20,21). The molecule has 0 spiro atoms.